The summed E-state index contributed by atoms with van der Waals surface area (Å²) in [4.78, 5) is 0. The van der Waals surface area contributed by atoms with Crippen LogP contribution in [0.5, 0.6) is 0 Å². The lowest BCUT2D eigenvalue weighted by Crippen LogP contribution is -2.14. The van der Waals surface area contributed by atoms with E-state index < -0.39 is 5.60 Å². The lowest BCUT2D eigenvalue weighted by atomic mass is 10.1. The van der Waals surface area contributed by atoms with E-state index in [0.29, 0.717) is 5.76 Å². The van der Waals surface area contributed by atoms with Gasteiger partial charge in [-0.2, -0.15) is 0 Å². The van der Waals surface area contributed by atoms with Gasteiger partial charge in [0.15, 0.2) is 5.76 Å². The Kier molecular flexibility index (Phi) is 2.49. The average Bonchev–Trinajstić information content (AvgIpc) is 2.58. The Balaban J connectivity index is 2.47. The second-order valence-corrected chi connectivity index (χ2v) is 4.41. The van der Waals surface area contributed by atoms with E-state index >= 15 is 0 Å². The van der Waals surface area contributed by atoms with Crippen LogP contribution < -0.4 is 0 Å². The molecule has 2 heteroatoms. The van der Waals surface area contributed by atoms with Gasteiger partial charge in [-0.15, -0.1) is 0 Å². The molecule has 0 aliphatic carbocycles. The maximum absolute atomic E-state index is 9.49. The van der Waals surface area contributed by atoms with Crippen molar-refractivity contribution in [1.82, 2.24) is 0 Å². The van der Waals surface area contributed by atoms with Crippen LogP contribution in [0, 0.1) is 18.8 Å². The summed E-state index contributed by atoms with van der Waals surface area (Å²) >= 11 is 0. The van der Waals surface area contributed by atoms with E-state index in [2.05, 4.69) is 11.8 Å². The van der Waals surface area contributed by atoms with Crippen molar-refractivity contribution in [1.29, 1.82) is 0 Å². The molecule has 1 heterocycles. The Hall–Kier alpha value is -1.72. The van der Waals surface area contributed by atoms with E-state index in [1.165, 1.54) is 0 Å². The van der Waals surface area contributed by atoms with Gasteiger partial charge in [0, 0.05) is 11.5 Å². The Morgan fingerprint density at radius 2 is 2.06 bits per heavy atom. The molecule has 2 rings (SSSR count). The highest BCUT2D eigenvalue weighted by Gasteiger charge is 2.07. The third-order valence-corrected chi connectivity index (χ3v) is 2.23. The van der Waals surface area contributed by atoms with Gasteiger partial charge in [0.1, 0.15) is 11.2 Å². The van der Waals surface area contributed by atoms with E-state index in [-0.39, 0.29) is 0 Å². The first-order valence-electron chi connectivity index (χ1n) is 5.20. The number of rotatable bonds is 0. The number of aryl methyl sites for hydroxylation is 1. The molecule has 0 unspecified atom stereocenters. The summed E-state index contributed by atoms with van der Waals surface area (Å²) < 4.78 is 5.61. The summed E-state index contributed by atoms with van der Waals surface area (Å²) in [5, 5.41) is 10.5. The Morgan fingerprint density at radius 1 is 1.31 bits per heavy atom. The highest BCUT2D eigenvalue weighted by molar-refractivity contribution is 5.81. The highest BCUT2D eigenvalue weighted by atomic mass is 16.3. The minimum Gasteiger partial charge on any atom is -0.447 e. The van der Waals surface area contributed by atoms with E-state index in [4.69, 9.17) is 4.42 Å². The fourth-order valence-electron chi connectivity index (χ4n) is 1.49. The van der Waals surface area contributed by atoms with Gasteiger partial charge >= 0.3 is 0 Å². The maximum atomic E-state index is 9.49. The number of hydrogen-bond acceptors (Lipinski definition) is 2. The van der Waals surface area contributed by atoms with Crippen molar-refractivity contribution in [3.63, 3.8) is 0 Å². The SMILES string of the molecule is Cc1cccc2cc(C#CC(C)(C)O)oc12. The molecule has 0 amide bonds. The summed E-state index contributed by atoms with van der Waals surface area (Å²) in [6, 6.07) is 7.86. The van der Waals surface area contributed by atoms with Crippen molar-refractivity contribution in [2.45, 2.75) is 26.4 Å². The van der Waals surface area contributed by atoms with Crippen molar-refractivity contribution in [3.8, 4) is 11.8 Å². The summed E-state index contributed by atoms with van der Waals surface area (Å²) in [5.41, 5.74) is 0.963. The van der Waals surface area contributed by atoms with Gasteiger partial charge in [-0.3, -0.25) is 0 Å². The molecule has 0 saturated heterocycles. The molecule has 0 saturated carbocycles. The zero-order valence-electron chi connectivity index (χ0n) is 9.66. The average molecular weight is 214 g/mol. The molecular weight excluding hydrogens is 200 g/mol. The number of benzene rings is 1. The Morgan fingerprint density at radius 3 is 2.69 bits per heavy atom. The third kappa shape index (κ3) is 2.26. The lowest BCUT2D eigenvalue weighted by molar-refractivity contribution is 0.143. The molecule has 2 aromatic rings. The van der Waals surface area contributed by atoms with E-state index in [9.17, 15) is 5.11 Å². The van der Waals surface area contributed by atoms with Gasteiger partial charge in [0.05, 0.1) is 0 Å². The zero-order valence-corrected chi connectivity index (χ0v) is 9.66. The number of furan rings is 1. The van der Waals surface area contributed by atoms with Crippen molar-refractivity contribution >= 4 is 11.0 Å². The first-order valence-corrected chi connectivity index (χ1v) is 5.20. The molecule has 1 aromatic heterocycles. The van der Waals surface area contributed by atoms with Crippen LogP contribution in [-0.4, -0.2) is 10.7 Å². The maximum Gasteiger partial charge on any atom is 0.178 e. The molecule has 2 nitrogen and oxygen atoms in total. The van der Waals surface area contributed by atoms with E-state index in [1.807, 2.05) is 31.2 Å². The van der Waals surface area contributed by atoms with Gasteiger partial charge in [-0.05, 0) is 32.3 Å². The molecule has 82 valence electrons. The highest BCUT2D eigenvalue weighted by Crippen LogP contribution is 2.21. The quantitative estimate of drug-likeness (QED) is 0.684. The molecule has 0 atom stereocenters. The molecular formula is C14H14O2. The largest absolute Gasteiger partial charge is 0.447 e. The topological polar surface area (TPSA) is 33.4 Å². The molecule has 0 fully saturated rings. The summed E-state index contributed by atoms with van der Waals surface area (Å²) in [7, 11) is 0. The minimum absolute atomic E-state index is 0.589. The summed E-state index contributed by atoms with van der Waals surface area (Å²) in [5.74, 6) is 6.15. The first kappa shape index (κ1) is 10.8. The van der Waals surface area contributed by atoms with Crippen molar-refractivity contribution in [2.75, 3.05) is 0 Å². The fraction of sp³-hybridized carbons (Fsp3) is 0.286. The zero-order chi connectivity index (χ0) is 11.8. The number of hydrogen-bond donors (Lipinski definition) is 1. The van der Waals surface area contributed by atoms with Crippen LogP contribution in [0.1, 0.15) is 25.2 Å². The standard InChI is InChI=1S/C14H14O2/c1-10-5-4-6-11-9-12(16-13(10)11)7-8-14(2,3)15/h4-6,9,15H,1-3H3. The predicted molar refractivity (Wildman–Crippen MR) is 64.1 cm³/mol. The molecule has 0 bridgehead atoms. The molecule has 0 aliphatic heterocycles. The number of para-hydroxylation sites is 1. The molecule has 1 N–H and O–H groups in total. The van der Waals surface area contributed by atoms with Crippen molar-refractivity contribution < 1.29 is 9.52 Å². The number of aliphatic hydroxyl groups is 1. The van der Waals surface area contributed by atoms with Crippen LogP contribution in [0.4, 0.5) is 0 Å². The van der Waals surface area contributed by atoms with E-state index in [0.717, 1.165) is 16.5 Å². The lowest BCUT2D eigenvalue weighted by Gasteiger charge is -2.05. The van der Waals surface area contributed by atoms with Crippen LogP contribution in [0.15, 0.2) is 28.7 Å². The smallest absolute Gasteiger partial charge is 0.178 e. The van der Waals surface area contributed by atoms with Gasteiger partial charge in [-0.1, -0.05) is 24.1 Å². The second-order valence-electron chi connectivity index (χ2n) is 4.41. The molecule has 0 radical (unpaired) electrons. The predicted octanol–water partition coefficient (Wildman–Crippen LogP) is 2.86. The van der Waals surface area contributed by atoms with Gasteiger partial charge in [-0.25, -0.2) is 0 Å². The van der Waals surface area contributed by atoms with Crippen LogP contribution in [0.2, 0.25) is 0 Å². The van der Waals surface area contributed by atoms with E-state index in [1.54, 1.807) is 13.8 Å². The molecule has 0 aliphatic rings. The van der Waals surface area contributed by atoms with Crippen molar-refractivity contribution in [2.24, 2.45) is 0 Å². The molecule has 1 aromatic carbocycles. The third-order valence-electron chi connectivity index (χ3n) is 2.23. The Labute approximate surface area is 94.9 Å². The van der Waals surface area contributed by atoms with Gasteiger partial charge in [0.25, 0.3) is 0 Å². The van der Waals surface area contributed by atoms with Gasteiger partial charge in [0.2, 0.25) is 0 Å². The van der Waals surface area contributed by atoms with Crippen LogP contribution in [0.3, 0.4) is 0 Å². The van der Waals surface area contributed by atoms with Crippen LogP contribution in [0.25, 0.3) is 11.0 Å². The van der Waals surface area contributed by atoms with Gasteiger partial charge < -0.3 is 9.52 Å². The normalized spacial score (nSPS) is 11.2. The first-order chi connectivity index (χ1) is 7.46. The second kappa shape index (κ2) is 3.70. The van der Waals surface area contributed by atoms with Crippen molar-refractivity contribution in [3.05, 3.63) is 35.6 Å². The molecule has 0 spiro atoms. The minimum atomic E-state index is -0.992. The Bertz CT molecular complexity index is 574. The summed E-state index contributed by atoms with van der Waals surface area (Å²) in [6.07, 6.45) is 0. The van der Waals surface area contributed by atoms with Crippen LogP contribution in [-0.2, 0) is 0 Å². The summed E-state index contributed by atoms with van der Waals surface area (Å²) in [6.45, 7) is 5.29. The monoisotopic (exact) mass is 214 g/mol. The van der Waals surface area contributed by atoms with Crippen LogP contribution >= 0.6 is 0 Å². The molecule has 16 heavy (non-hydrogen) atoms. The number of fused-ring (bicyclic) bond motifs is 1. The fourth-order valence-corrected chi connectivity index (χ4v) is 1.49.